The monoisotopic (exact) mass is 278 g/mol. The van der Waals surface area contributed by atoms with Gasteiger partial charge in [-0.3, -0.25) is 0 Å². The molecule has 20 heavy (non-hydrogen) atoms. The van der Waals surface area contributed by atoms with Crippen LogP contribution in [0, 0.1) is 22.2 Å². The molecule has 4 unspecified atom stereocenters. The number of rotatable bonds is 5. The maximum atomic E-state index is 11.0. The molecule has 4 aliphatic rings. The van der Waals surface area contributed by atoms with Crippen molar-refractivity contribution in [1.29, 1.82) is 0 Å². The fraction of sp³-hybridized carbons (Fsp3) is 0.824. The summed E-state index contributed by atoms with van der Waals surface area (Å²) in [5.41, 5.74) is 1.09. The van der Waals surface area contributed by atoms with Crippen LogP contribution < -0.4 is 0 Å². The Balaban J connectivity index is 1.79. The molecule has 4 saturated carbocycles. The number of hydrogen-bond donors (Lipinski definition) is 2. The first-order valence-corrected chi connectivity index (χ1v) is 7.81. The second-order valence-electron chi connectivity index (χ2n) is 8.39. The highest BCUT2D eigenvalue weighted by Gasteiger charge is 2.61. The van der Waals surface area contributed by atoms with Gasteiger partial charge in [0.05, 0.1) is 0 Å². The van der Waals surface area contributed by atoms with Crippen LogP contribution in [0.4, 0.5) is 0 Å². The van der Waals surface area contributed by atoms with Gasteiger partial charge in [-0.05, 0) is 73.5 Å². The number of carbonyl (C=O) groups is 1. The number of aliphatic carboxylic acids is 1. The third kappa shape index (κ3) is 2.20. The summed E-state index contributed by atoms with van der Waals surface area (Å²) in [6.07, 6.45) is 8.72. The Kier molecular flexibility index (Phi) is 3.06. The van der Waals surface area contributed by atoms with E-state index in [1.807, 2.05) is 0 Å². The van der Waals surface area contributed by atoms with Crippen LogP contribution in [0.25, 0.3) is 0 Å². The van der Waals surface area contributed by atoms with E-state index in [0.29, 0.717) is 24.0 Å². The fourth-order valence-corrected chi connectivity index (χ4v) is 6.34. The summed E-state index contributed by atoms with van der Waals surface area (Å²) >= 11 is 0. The molecule has 4 aliphatic carbocycles. The lowest BCUT2D eigenvalue weighted by molar-refractivity contribution is -0.169. The lowest BCUT2D eigenvalue weighted by Gasteiger charge is -2.66. The topological polar surface area (TPSA) is 57.5 Å². The van der Waals surface area contributed by atoms with E-state index in [9.17, 15) is 9.90 Å². The third-order valence-corrected chi connectivity index (χ3v) is 6.17. The summed E-state index contributed by atoms with van der Waals surface area (Å²) in [4.78, 5) is 11.0. The van der Waals surface area contributed by atoms with Gasteiger partial charge in [-0.15, -0.1) is 0 Å². The summed E-state index contributed by atoms with van der Waals surface area (Å²) in [6.45, 7) is 6.36. The third-order valence-electron chi connectivity index (χ3n) is 6.17. The number of carboxylic acid groups (broad SMARTS) is 1. The van der Waals surface area contributed by atoms with Gasteiger partial charge in [0.15, 0.2) is 0 Å². The Morgan fingerprint density at radius 3 is 2.45 bits per heavy atom. The first kappa shape index (κ1) is 14.1. The van der Waals surface area contributed by atoms with E-state index >= 15 is 0 Å². The van der Waals surface area contributed by atoms with E-state index < -0.39 is 5.97 Å². The standard InChI is InChI=1S/C17H26O3/c1-12(14(19)20)3-4-16-6-13-5-15(2,8-16)9-17(7-13,10-16)11-18/h13,18H,1,3-11H2,2H3,(H,19,20). The van der Waals surface area contributed by atoms with Crippen LogP contribution in [0.2, 0.25) is 0 Å². The molecule has 0 radical (unpaired) electrons. The van der Waals surface area contributed by atoms with E-state index in [-0.39, 0.29) is 10.8 Å². The van der Waals surface area contributed by atoms with Crippen molar-refractivity contribution >= 4 is 5.97 Å². The highest BCUT2D eigenvalue weighted by molar-refractivity contribution is 5.85. The zero-order chi connectivity index (χ0) is 14.6. The minimum absolute atomic E-state index is 0.124. The molecule has 4 bridgehead atoms. The average molecular weight is 278 g/mol. The summed E-state index contributed by atoms with van der Waals surface area (Å²) in [5, 5.41) is 18.9. The largest absolute Gasteiger partial charge is 0.478 e. The van der Waals surface area contributed by atoms with Crippen molar-refractivity contribution in [1.82, 2.24) is 0 Å². The fourth-order valence-electron chi connectivity index (χ4n) is 6.34. The Morgan fingerprint density at radius 1 is 1.20 bits per heavy atom. The van der Waals surface area contributed by atoms with Gasteiger partial charge in [0, 0.05) is 12.2 Å². The van der Waals surface area contributed by atoms with Crippen LogP contribution in [0.5, 0.6) is 0 Å². The van der Waals surface area contributed by atoms with Crippen molar-refractivity contribution in [2.24, 2.45) is 22.2 Å². The van der Waals surface area contributed by atoms with Gasteiger partial charge in [-0.25, -0.2) is 4.79 Å². The van der Waals surface area contributed by atoms with Crippen molar-refractivity contribution < 1.29 is 15.0 Å². The molecule has 0 amide bonds. The van der Waals surface area contributed by atoms with Crippen molar-refractivity contribution in [2.45, 2.75) is 58.3 Å². The Bertz CT molecular complexity index is 457. The normalized spacial score (nSPS) is 45.6. The summed E-state index contributed by atoms with van der Waals surface area (Å²) in [6, 6.07) is 0. The zero-order valence-corrected chi connectivity index (χ0v) is 12.5. The van der Waals surface area contributed by atoms with E-state index in [1.165, 1.54) is 25.7 Å². The number of carboxylic acids is 1. The van der Waals surface area contributed by atoms with E-state index in [0.717, 1.165) is 25.2 Å². The van der Waals surface area contributed by atoms with Crippen molar-refractivity contribution in [3.63, 3.8) is 0 Å². The van der Waals surface area contributed by atoms with Crippen LogP contribution in [0.15, 0.2) is 12.2 Å². The predicted octanol–water partition coefficient (Wildman–Crippen LogP) is 3.38. The lowest BCUT2D eigenvalue weighted by atomic mass is 9.39. The van der Waals surface area contributed by atoms with Gasteiger partial charge >= 0.3 is 5.97 Å². The second kappa shape index (κ2) is 4.33. The van der Waals surface area contributed by atoms with Crippen LogP contribution in [-0.2, 0) is 4.79 Å². The van der Waals surface area contributed by atoms with Crippen LogP contribution in [0.1, 0.15) is 58.3 Å². The van der Waals surface area contributed by atoms with Gasteiger partial charge in [-0.2, -0.15) is 0 Å². The molecule has 0 saturated heterocycles. The van der Waals surface area contributed by atoms with Gasteiger partial charge in [0.25, 0.3) is 0 Å². The average Bonchev–Trinajstić information content (AvgIpc) is 2.33. The predicted molar refractivity (Wildman–Crippen MR) is 77.3 cm³/mol. The molecule has 0 spiro atoms. The molecule has 0 aromatic rings. The Labute approximate surface area is 121 Å². The summed E-state index contributed by atoms with van der Waals surface area (Å²) < 4.78 is 0. The molecule has 3 heteroatoms. The van der Waals surface area contributed by atoms with E-state index in [2.05, 4.69) is 13.5 Å². The first-order valence-electron chi connectivity index (χ1n) is 7.81. The smallest absolute Gasteiger partial charge is 0.330 e. The highest BCUT2D eigenvalue weighted by atomic mass is 16.4. The lowest BCUT2D eigenvalue weighted by Crippen LogP contribution is -2.57. The van der Waals surface area contributed by atoms with Gasteiger partial charge in [0.2, 0.25) is 0 Å². The highest BCUT2D eigenvalue weighted by Crippen LogP contribution is 2.70. The van der Waals surface area contributed by atoms with Crippen LogP contribution >= 0.6 is 0 Å². The first-order chi connectivity index (χ1) is 9.29. The van der Waals surface area contributed by atoms with Gasteiger partial charge in [0.1, 0.15) is 0 Å². The molecule has 112 valence electrons. The number of aliphatic hydroxyl groups excluding tert-OH is 1. The molecule has 0 aromatic heterocycles. The van der Waals surface area contributed by atoms with E-state index in [4.69, 9.17) is 5.11 Å². The molecule has 2 N–H and O–H groups in total. The maximum absolute atomic E-state index is 11.0. The summed E-state index contributed by atoms with van der Waals surface area (Å²) in [7, 11) is 0. The molecule has 4 fully saturated rings. The molecule has 0 aliphatic heterocycles. The molecular weight excluding hydrogens is 252 g/mol. The minimum Gasteiger partial charge on any atom is -0.478 e. The zero-order valence-electron chi connectivity index (χ0n) is 12.5. The molecular formula is C17H26O3. The van der Waals surface area contributed by atoms with E-state index in [1.54, 1.807) is 0 Å². The minimum atomic E-state index is -0.863. The second-order valence-corrected chi connectivity index (χ2v) is 8.39. The Hall–Kier alpha value is -0.830. The molecule has 4 atom stereocenters. The Morgan fingerprint density at radius 2 is 1.85 bits per heavy atom. The SMILES string of the molecule is C=C(CCC12CC3CC(C)(CC(CO)(C3)C1)C2)C(=O)O. The quantitative estimate of drug-likeness (QED) is 0.758. The molecule has 0 aromatic carbocycles. The van der Waals surface area contributed by atoms with Crippen LogP contribution in [0.3, 0.4) is 0 Å². The molecule has 0 heterocycles. The molecule has 4 rings (SSSR count). The number of hydrogen-bond acceptors (Lipinski definition) is 2. The summed E-state index contributed by atoms with van der Waals surface area (Å²) in [5.74, 6) is -0.126. The van der Waals surface area contributed by atoms with Crippen LogP contribution in [-0.4, -0.2) is 22.8 Å². The van der Waals surface area contributed by atoms with Crippen molar-refractivity contribution in [3.8, 4) is 0 Å². The van der Waals surface area contributed by atoms with Gasteiger partial charge in [-0.1, -0.05) is 13.5 Å². The molecule has 3 nitrogen and oxygen atoms in total. The van der Waals surface area contributed by atoms with Crippen molar-refractivity contribution in [2.75, 3.05) is 6.61 Å². The van der Waals surface area contributed by atoms with Crippen molar-refractivity contribution in [3.05, 3.63) is 12.2 Å². The number of aliphatic hydroxyl groups is 1. The van der Waals surface area contributed by atoms with Gasteiger partial charge < -0.3 is 10.2 Å². The maximum Gasteiger partial charge on any atom is 0.330 e.